The number of benzene rings is 4. The molecule has 3 heteroatoms. The number of hydrogen-bond acceptors (Lipinski definition) is 2. The van der Waals surface area contributed by atoms with Crippen molar-refractivity contribution in [3.8, 4) is 16.9 Å². The molecule has 128 valence electrons. The van der Waals surface area contributed by atoms with Crippen molar-refractivity contribution in [3.63, 3.8) is 0 Å². The van der Waals surface area contributed by atoms with Crippen LogP contribution >= 0.6 is 8.30 Å². The first-order chi connectivity index (χ1) is 12.7. The molecule has 26 heavy (non-hydrogen) atoms. The van der Waals surface area contributed by atoms with Crippen LogP contribution < -0.4 is 4.52 Å². The quantitative estimate of drug-likeness (QED) is 0.364. The summed E-state index contributed by atoms with van der Waals surface area (Å²) in [7, 11) is 3.51. The Hall–Kier alpha value is -2.41. The van der Waals surface area contributed by atoms with Gasteiger partial charge < -0.3 is 4.52 Å². The van der Waals surface area contributed by atoms with Gasteiger partial charge in [-0.15, -0.1) is 0 Å². The molecule has 0 spiro atoms. The van der Waals surface area contributed by atoms with E-state index in [9.17, 15) is 0 Å². The van der Waals surface area contributed by atoms with Crippen LogP contribution in [0.25, 0.3) is 32.7 Å². The van der Waals surface area contributed by atoms with E-state index in [-0.39, 0.29) is 0 Å². The molecule has 0 saturated heterocycles. The largest absolute Gasteiger partial charge is 0.457 e. The third-order valence-electron chi connectivity index (χ3n) is 5.11. The number of nitrogens with zero attached hydrogens (tertiary/aromatic N) is 1. The highest BCUT2D eigenvalue weighted by molar-refractivity contribution is 7.49. The van der Waals surface area contributed by atoms with Crippen molar-refractivity contribution in [1.82, 2.24) is 4.67 Å². The Balaban J connectivity index is 1.94. The molecule has 0 saturated carbocycles. The summed E-state index contributed by atoms with van der Waals surface area (Å²) < 4.78 is 8.77. The highest BCUT2D eigenvalue weighted by Gasteiger charge is 2.27. The van der Waals surface area contributed by atoms with Gasteiger partial charge in [0.25, 0.3) is 0 Å². The topological polar surface area (TPSA) is 12.5 Å². The van der Waals surface area contributed by atoms with Crippen molar-refractivity contribution in [2.45, 2.75) is 6.16 Å². The predicted octanol–water partition coefficient (Wildman–Crippen LogP) is 6.43. The lowest BCUT2D eigenvalue weighted by atomic mass is 9.90. The Labute approximate surface area is 154 Å². The summed E-state index contributed by atoms with van der Waals surface area (Å²) in [5.41, 5.74) is 3.95. The first-order valence-corrected chi connectivity index (χ1v) is 10.3. The number of rotatable bonds is 1. The van der Waals surface area contributed by atoms with Crippen molar-refractivity contribution in [3.05, 3.63) is 78.4 Å². The molecule has 0 aromatic heterocycles. The van der Waals surface area contributed by atoms with Gasteiger partial charge in [0.2, 0.25) is 0 Å². The molecule has 0 radical (unpaired) electrons. The van der Waals surface area contributed by atoms with Crippen molar-refractivity contribution in [2.75, 3.05) is 14.1 Å². The lowest BCUT2D eigenvalue weighted by Crippen LogP contribution is -2.09. The molecule has 0 amide bonds. The van der Waals surface area contributed by atoms with E-state index in [0.29, 0.717) is 0 Å². The van der Waals surface area contributed by atoms with Crippen molar-refractivity contribution in [2.24, 2.45) is 0 Å². The fourth-order valence-corrected chi connectivity index (χ4v) is 5.29. The Morgan fingerprint density at radius 3 is 2.04 bits per heavy atom. The van der Waals surface area contributed by atoms with Gasteiger partial charge in [0, 0.05) is 11.7 Å². The van der Waals surface area contributed by atoms with E-state index in [1.807, 2.05) is 0 Å². The molecule has 1 aliphatic rings. The van der Waals surface area contributed by atoms with Crippen molar-refractivity contribution < 1.29 is 4.52 Å². The van der Waals surface area contributed by atoms with E-state index in [1.54, 1.807) is 0 Å². The van der Waals surface area contributed by atoms with E-state index in [2.05, 4.69) is 91.6 Å². The first kappa shape index (κ1) is 15.8. The standard InChI is InChI=1S/C23H20NOP/c1-24(2)26-15-18-12-11-16-7-3-5-9-19(16)22(18)23-20-10-6-4-8-17(20)13-14-21(23)25-26/h3-14H,15H2,1-2H3. The summed E-state index contributed by atoms with van der Waals surface area (Å²) in [4.78, 5) is 0. The average molecular weight is 357 g/mol. The number of hydrogen-bond donors (Lipinski definition) is 0. The fraction of sp³-hybridized carbons (Fsp3) is 0.130. The monoisotopic (exact) mass is 357 g/mol. The van der Waals surface area contributed by atoms with E-state index in [0.717, 1.165) is 11.9 Å². The lowest BCUT2D eigenvalue weighted by Gasteiger charge is -2.23. The van der Waals surface area contributed by atoms with Crippen LogP contribution in [0.3, 0.4) is 0 Å². The predicted molar refractivity (Wildman–Crippen MR) is 112 cm³/mol. The molecule has 4 aromatic rings. The summed E-state index contributed by atoms with van der Waals surface area (Å²) in [6, 6.07) is 26.1. The molecule has 1 atom stereocenters. The maximum Gasteiger partial charge on any atom is 0.167 e. The second-order valence-corrected chi connectivity index (χ2v) is 8.93. The van der Waals surface area contributed by atoms with Crippen LogP contribution in [0, 0.1) is 0 Å². The maximum absolute atomic E-state index is 6.55. The second kappa shape index (κ2) is 6.09. The van der Waals surface area contributed by atoms with Crippen LogP contribution in [0.4, 0.5) is 0 Å². The van der Waals surface area contributed by atoms with Crippen LogP contribution in [0.15, 0.2) is 72.8 Å². The van der Waals surface area contributed by atoms with Crippen LogP contribution in [0.2, 0.25) is 0 Å². The van der Waals surface area contributed by atoms with Crippen LogP contribution in [0.1, 0.15) is 5.56 Å². The smallest absolute Gasteiger partial charge is 0.167 e. The van der Waals surface area contributed by atoms with E-state index < -0.39 is 8.30 Å². The van der Waals surface area contributed by atoms with E-state index in [4.69, 9.17) is 4.52 Å². The molecular weight excluding hydrogens is 337 g/mol. The molecule has 1 heterocycles. The second-order valence-electron chi connectivity index (χ2n) is 6.93. The molecule has 1 unspecified atom stereocenters. The van der Waals surface area contributed by atoms with E-state index in [1.165, 1.54) is 38.2 Å². The minimum Gasteiger partial charge on any atom is -0.457 e. The average Bonchev–Trinajstić information content (AvgIpc) is 2.85. The Kier molecular flexibility index (Phi) is 3.70. The third kappa shape index (κ3) is 2.41. The van der Waals surface area contributed by atoms with Crippen LogP contribution in [-0.2, 0) is 6.16 Å². The zero-order valence-corrected chi connectivity index (χ0v) is 15.8. The molecule has 4 aromatic carbocycles. The van der Waals surface area contributed by atoms with Crippen molar-refractivity contribution in [1.29, 1.82) is 0 Å². The molecule has 5 rings (SSSR count). The molecule has 0 aliphatic carbocycles. The molecular formula is C23H20NOP. The van der Waals surface area contributed by atoms with E-state index >= 15 is 0 Å². The first-order valence-electron chi connectivity index (χ1n) is 8.88. The van der Waals surface area contributed by atoms with Gasteiger partial charge >= 0.3 is 0 Å². The minimum absolute atomic E-state index is 0.708. The summed E-state index contributed by atoms with van der Waals surface area (Å²) in [5.74, 6) is 0.999. The normalized spacial score (nSPS) is 16.2. The minimum atomic E-state index is -0.708. The van der Waals surface area contributed by atoms with Gasteiger partial charge in [-0.05, 0) is 52.8 Å². The zero-order chi connectivity index (χ0) is 17.7. The van der Waals surface area contributed by atoms with Crippen LogP contribution in [-0.4, -0.2) is 18.8 Å². The SMILES string of the molecule is CN(C)P1Cc2ccc3ccccc3c2-c2c(ccc3ccccc23)O1. The van der Waals surface area contributed by atoms with Gasteiger partial charge in [0.15, 0.2) is 8.30 Å². The van der Waals surface area contributed by atoms with Gasteiger partial charge in [0.1, 0.15) is 5.75 Å². The summed E-state index contributed by atoms with van der Waals surface area (Å²) in [6.07, 6.45) is 0.936. The summed E-state index contributed by atoms with van der Waals surface area (Å²) in [6.45, 7) is 0. The van der Waals surface area contributed by atoms with Crippen LogP contribution in [0.5, 0.6) is 5.75 Å². The Morgan fingerprint density at radius 2 is 1.35 bits per heavy atom. The molecule has 2 nitrogen and oxygen atoms in total. The van der Waals surface area contributed by atoms with Gasteiger partial charge in [-0.25, -0.2) is 0 Å². The maximum atomic E-state index is 6.55. The summed E-state index contributed by atoms with van der Waals surface area (Å²) in [5, 5.41) is 5.10. The van der Waals surface area contributed by atoms with Gasteiger partial charge in [0.05, 0.1) is 0 Å². The van der Waals surface area contributed by atoms with Crippen molar-refractivity contribution >= 4 is 29.8 Å². The van der Waals surface area contributed by atoms with Gasteiger partial charge in [-0.1, -0.05) is 66.7 Å². The molecule has 0 bridgehead atoms. The zero-order valence-electron chi connectivity index (χ0n) is 14.9. The third-order valence-corrected chi connectivity index (χ3v) is 7.02. The van der Waals surface area contributed by atoms with Gasteiger partial charge in [-0.3, -0.25) is 4.67 Å². The molecule has 1 aliphatic heterocycles. The summed E-state index contributed by atoms with van der Waals surface area (Å²) >= 11 is 0. The highest BCUT2D eigenvalue weighted by atomic mass is 31.2. The highest BCUT2D eigenvalue weighted by Crippen LogP contribution is 2.54. The number of fused-ring (bicyclic) bond motifs is 7. The molecule has 0 fully saturated rings. The Bertz CT molecular complexity index is 1050. The Morgan fingerprint density at radius 1 is 0.731 bits per heavy atom. The fourth-order valence-electron chi connectivity index (χ4n) is 3.84. The lowest BCUT2D eigenvalue weighted by molar-refractivity contribution is 0.530. The van der Waals surface area contributed by atoms with Gasteiger partial charge in [-0.2, -0.15) is 0 Å². The molecule has 0 N–H and O–H groups in total.